The minimum absolute atomic E-state index is 0.296. The molecule has 32 heavy (non-hydrogen) atoms. The summed E-state index contributed by atoms with van der Waals surface area (Å²) in [7, 11) is 0. The first-order chi connectivity index (χ1) is 15.6. The van der Waals surface area contributed by atoms with E-state index in [0.717, 1.165) is 34.5 Å². The van der Waals surface area contributed by atoms with Crippen LogP contribution < -0.4 is 5.32 Å². The number of hydrogen-bond donors (Lipinski definition) is 1. The lowest BCUT2D eigenvalue weighted by Crippen LogP contribution is -2.22. The number of rotatable bonds is 9. The fourth-order valence-corrected chi connectivity index (χ4v) is 4.81. The molecule has 164 valence electrons. The molecular formula is C22H21FN6OS2. The van der Waals surface area contributed by atoms with Crippen LogP contribution in [0.2, 0.25) is 0 Å². The number of carbonyl (C=O) groups excluding carboxylic acids is 1. The van der Waals surface area contributed by atoms with Gasteiger partial charge in [-0.25, -0.2) is 4.39 Å². The lowest BCUT2D eigenvalue weighted by molar-refractivity contribution is 0.0950. The third-order valence-corrected chi connectivity index (χ3v) is 6.75. The Morgan fingerprint density at radius 1 is 1.03 bits per heavy atom. The molecule has 0 spiro atoms. The Kier molecular flexibility index (Phi) is 7.23. The van der Waals surface area contributed by atoms with Gasteiger partial charge in [0.25, 0.3) is 5.91 Å². The highest BCUT2D eigenvalue weighted by atomic mass is 32.2. The van der Waals surface area contributed by atoms with Gasteiger partial charge >= 0.3 is 0 Å². The summed E-state index contributed by atoms with van der Waals surface area (Å²) in [6, 6.07) is 16.2. The number of benzene rings is 2. The molecule has 0 saturated carbocycles. The normalized spacial score (nSPS) is 10.9. The van der Waals surface area contributed by atoms with Crippen LogP contribution in [-0.2, 0) is 25.3 Å². The number of thioether (sulfide) groups is 1. The molecule has 0 bridgehead atoms. The average molecular weight is 469 g/mol. The van der Waals surface area contributed by atoms with E-state index < -0.39 is 0 Å². The number of nitrogens with zero attached hydrogens (tertiary/aromatic N) is 5. The predicted molar refractivity (Wildman–Crippen MR) is 122 cm³/mol. The summed E-state index contributed by atoms with van der Waals surface area (Å²) in [5.74, 6) is 0.855. The molecule has 0 fully saturated rings. The van der Waals surface area contributed by atoms with Crippen LogP contribution in [0.25, 0.3) is 0 Å². The highest BCUT2D eigenvalue weighted by Crippen LogP contribution is 2.24. The molecule has 0 radical (unpaired) electrons. The summed E-state index contributed by atoms with van der Waals surface area (Å²) >= 11 is 2.77. The van der Waals surface area contributed by atoms with Gasteiger partial charge in [-0.2, -0.15) is 0 Å². The van der Waals surface area contributed by atoms with Gasteiger partial charge in [0.2, 0.25) is 5.01 Å². The first-order valence-corrected chi connectivity index (χ1v) is 11.9. The number of nitrogens with one attached hydrogen (secondary N) is 1. The van der Waals surface area contributed by atoms with Crippen molar-refractivity contribution >= 4 is 29.0 Å². The standard InChI is InChI=1S/C22H21FN6OS2/c1-2-29-18(12-15-6-4-3-5-7-15)25-28-22(29)31-14-19-26-27-21(32-19)20(30)24-13-16-8-10-17(23)11-9-16/h3-11H,2,12-14H2,1H3,(H,24,30). The van der Waals surface area contributed by atoms with E-state index in [-0.39, 0.29) is 11.7 Å². The molecule has 0 atom stereocenters. The molecule has 2 aromatic carbocycles. The zero-order valence-corrected chi connectivity index (χ0v) is 19.0. The van der Waals surface area contributed by atoms with Crippen molar-refractivity contribution in [3.05, 3.63) is 87.4 Å². The first-order valence-electron chi connectivity index (χ1n) is 10.1. The molecule has 0 aliphatic rings. The number of carbonyl (C=O) groups is 1. The molecule has 0 aliphatic heterocycles. The van der Waals surface area contributed by atoms with Crippen LogP contribution in [0.1, 0.15) is 38.7 Å². The average Bonchev–Trinajstić information content (AvgIpc) is 3.44. The van der Waals surface area contributed by atoms with E-state index in [9.17, 15) is 9.18 Å². The summed E-state index contributed by atoms with van der Waals surface area (Å²) in [4.78, 5) is 12.3. The Morgan fingerprint density at radius 2 is 1.81 bits per heavy atom. The molecule has 10 heteroatoms. The Morgan fingerprint density at radius 3 is 2.56 bits per heavy atom. The van der Waals surface area contributed by atoms with Crippen LogP contribution in [0.5, 0.6) is 0 Å². The highest BCUT2D eigenvalue weighted by Gasteiger charge is 2.16. The van der Waals surface area contributed by atoms with Crippen molar-refractivity contribution in [2.24, 2.45) is 0 Å². The minimum atomic E-state index is -0.308. The van der Waals surface area contributed by atoms with E-state index in [0.29, 0.717) is 17.3 Å². The van der Waals surface area contributed by atoms with E-state index in [2.05, 4.69) is 49.3 Å². The Labute approximate surface area is 193 Å². The molecule has 0 saturated heterocycles. The van der Waals surface area contributed by atoms with Crippen molar-refractivity contribution in [1.29, 1.82) is 0 Å². The molecule has 0 aliphatic carbocycles. The second-order valence-electron chi connectivity index (χ2n) is 6.90. The Balaban J connectivity index is 1.33. The second-order valence-corrected chi connectivity index (χ2v) is 8.91. The highest BCUT2D eigenvalue weighted by molar-refractivity contribution is 7.98. The molecule has 0 unspecified atom stereocenters. The van der Waals surface area contributed by atoms with Crippen molar-refractivity contribution in [3.8, 4) is 0 Å². The SMILES string of the molecule is CCn1c(Cc2ccccc2)nnc1SCc1nnc(C(=O)NCc2ccc(F)cc2)s1. The number of halogens is 1. The zero-order valence-electron chi connectivity index (χ0n) is 17.4. The van der Waals surface area contributed by atoms with Gasteiger partial charge in [0, 0.05) is 19.5 Å². The fourth-order valence-electron chi connectivity index (χ4n) is 3.04. The maximum Gasteiger partial charge on any atom is 0.282 e. The van der Waals surface area contributed by atoms with Gasteiger partial charge in [-0.1, -0.05) is 65.6 Å². The van der Waals surface area contributed by atoms with E-state index in [4.69, 9.17) is 0 Å². The van der Waals surface area contributed by atoms with Crippen LogP contribution >= 0.6 is 23.1 Å². The van der Waals surface area contributed by atoms with E-state index in [1.807, 2.05) is 18.2 Å². The summed E-state index contributed by atoms with van der Waals surface area (Å²) in [5, 5.41) is 21.4. The van der Waals surface area contributed by atoms with Crippen molar-refractivity contribution in [2.75, 3.05) is 0 Å². The number of aromatic nitrogens is 5. The lowest BCUT2D eigenvalue weighted by Gasteiger charge is -2.06. The van der Waals surface area contributed by atoms with Crippen molar-refractivity contribution in [3.63, 3.8) is 0 Å². The van der Waals surface area contributed by atoms with Crippen LogP contribution in [0.15, 0.2) is 59.8 Å². The molecule has 4 aromatic rings. The minimum Gasteiger partial charge on any atom is -0.346 e. The van der Waals surface area contributed by atoms with Crippen molar-refractivity contribution < 1.29 is 9.18 Å². The molecule has 4 rings (SSSR count). The number of hydrogen-bond acceptors (Lipinski definition) is 7. The fraction of sp³-hybridized carbons (Fsp3) is 0.227. The largest absolute Gasteiger partial charge is 0.346 e. The van der Waals surface area contributed by atoms with Crippen LogP contribution in [-0.4, -0.2) is 30.9 Å². The molecule has 2 aromatic heterocycles. The molecule has 1 amide bonds. The van der Waals surface area contributed by atoms with E-state index in [1.54, 1.807) is 12.1 Å². The van der Waals surface area contributed by atoms with Gasteiger partial charge in [0.05, 0.1) is 5.75 Å². The lowest BCUT2D eigenvalue weighted by atomic mass is 10.1. The van der Waals surface area contributed by atoms with Gasteiger partial charge < -0.3 is 9.88 Å². The van der Waals surface area contributed by atoms with E-state index in [1.165, 1.54) is 40.8 Å². The molecule has 1 N–H and O–H groups in total. The molecular weight excluding hydrogens is 447 g/mol. The molecule has 7 nitrogen and oxygen atoms in total. The summed E-state index contributed by atoms with van der Waals surface area (Å²) in [5.41, 5.74) is 2.00. The predicted octanol–water partition coefficient (Wildman–Crippen LogP) is 4.10. The van der Waals surface area contributed by atoms with Crippen LogP contribution in [0.4, 0.5) is 4.39 Å². The van der Waals surface area contributed by atoms with Crippen molar-refractivity contribution in [1.82, 2.24) is 30.3 Å². The topological polar surface area (TPSA) is 85.6 Å². The van der Waals surface area contributed by atoms with Crippen molar-refractivity contribution in [2.45, 2.75) is 37.3 Å². The second kappa shape index (κ2) is 10.5. The third kappa shape index (κ3) is 5.57. The van der Waals surface area contributed by atoms with Gasteiger partial charge in [-0.05, 0) is 30.2 Å². The summed E-state index contributed by atoms with van der Waals surface area (Å²) < 4.78 is 15.1. The smallest absolute Gasteiger partial charge is 0.282 e. The van der Waals surface area contributed by atoms with Gasteiger partial charge in [-0.15, -0.1) is 20.4 Å². The molecule has 2 heterocycles. The quantitative estimate of drug-likeness (QED) is 0.372. The van der Waals surface area contributed by atoms with Gasteiger partial charge in [0.15, 0.2) is 5.16 Å². The summed E-state index contributed by atoms with van der Waals surface area (Å²) in [6.45, 7) is 3.13. The Bertz CT molecular complexity index is 1180. The third-order valence-electron chi connectivity index (χ3n) is 4.67. The van der Waals surface area contributed by atoms with Gasteiger partial charge in [0.1, 0.15) is 16.6 Å². The Hall–Kier alpha value is -3.11. The zero-order chi connectivity index (χ0) is 22.3. The van der Waals surface area contributed by atoms with Crippen LogP contribution in [0, 0.1) is 5.82 Å². The van der Waals surface area contributed by atoms with Gasteiger partial charge in [-0.3, -0.25) is 4.79 Å². The van der Waals surface area contributed by atoms with Crippen LogP contribution in [0.3, 0.4) is 0 Å². The first kappa shape index (κ1) is 22.1. The summed E-state index contributed by atoms with van der Waals surface area (Å²) in [6.07, 6.45) is 0.722. The maximum atomic E-state index is 13.0. The maximum absolute atomic E-state index is 13.0. The number of amides is 1. The monoisotopic (exact) mass is 468 g/mol. The van der Waals surface area contributed by atoms with E-state index >= 15 is 0 Å².